The third-order valence-corrected chi connectivity index (χ3v) is 1.17. The number of allylic oxidation sites excluding steroid dienone is 1. The minimum absolute atomic E-state index is 0.428. The van der Waals surface area contributed by atoms with Crippen molar-refractivity contribution in [3.63, 3.8) is 0 Å². The first kappa shape index (κ1) is 12.5. The van der Waals surface area contributed by atoms with Gasteiger partial charge < -0.3 is 10.1 Å². The fourth-order valence-electron chi connectivity index (χ4n) is 0.708. The third-order valence-electron chi connectivity index (χ3n) is 1.17. The van der Waals surface area contributed by atoms with E-state index >= 15 is 0 Å². The van der Waals surface area contributed by atoms with E-state index in [1.807, 2.05) is 26.8 Å². The van der Waals surface area contributed by atoms with Crippen LogP contribution >= 0.6 is 0 Å². The van der Waals surface area contributed by atoms with Gasteiger partial charge >= 0.3 is 6.09 Å². The number of nitriles is 1. The highest BCUT2D eigenvalue weighted by atomic mass is 16.6. The summed E-state index contributed by atoms with van der Waals surface area (Å²) < 4.78 is 5.01. The van der Waals surface area contributed by atoms with Gasteiger partial charge in [-0.3, -0.25) is 0 Å². The zero-order chi connectivity index (χ0) is 11.0. The van der Waals surface area contributed by atoms with E-state index < -0.39 is 11.7 Å². The van der Waals surface area contributed by atoms with Crippen molar-refractivity contribution < 1.29 is 9.53 Å². The van der Waals surface area contributed by atoms with Crippen LogP contribution < -0.4 is 5.32 Å². The van der Waals surface area contributed by atoms with Crippen molar-refractivity contribution in [1.29, 1.82) is 5.26 Å². The summed E-state index contributed by atoms with van der Waals surface area (Å²) in [7, 11) is 0. The van der Waals surface area contributed by atoms with Gasteiger partial charge in [-0.15, -0.1) is 0 Å². The minimum Gasteiger partial charge on any atom is -0.444 e. The van der Waals surface area contributed by atoms with Crippen LogP contribution in [0.15, 0.2) is 12.2 Å². The first-order valence-electron chi connectivity index (χ1n) is 4.47. The predicted octanol–water partition coefficient (Wildman–Crippen LogP) is 1.98. The lowest BCUT2D eigenvalue weighted by atomic mass is 10.2. The molecule has 0 fully saturated rings. The monoisotopic (exact) mass is 196 g/mol. The van der Waals surface area contributed by atoms with Crippen LogP contribution in [0.25, 0.3) is 0 Å². The SMILES string of the molecule is CC(C)(C)OC(=O)NCC/C=C/C#N. The first-order valence-corrected chi connectivity index (χ1v) is 4.47. The molecule has 0 atom stereocenters. The average molecular weight is 196 g/mol. The molecule has 78 valence electrons. The van der Waals surface area contributed by atoms with Crippen LogP contribution in [0.5, 0.6) is 0 Å². The maximum Gasteiger partial charge on any atom is 0.407 e. The lowest BCUT2D eigenvalue weighted by molar-refractivity contribution is 0.0529. The number of ether oxygens (including phenoxy) is 1. The Bertz CT molecular complexity index is 246. The van der Waals surface area contributed by atoms with Crippen molar-refractivity contribution in [2.75, 3.05) is 6.54 Å². The fourth-order valence-corrected chi connectivity index (χ4v) is 0.708. The fraction of sp³-hybridized carbons (Fsp3) is 0.600. The van der Waals surface area contributed by atoms with E-state index in [1.54, 1.807) is 6.08 Å². The molecule has 0 aliphatic carbocycles. The normalized spacial score (nSPS) is 11.0. The predicted molar refractivity (Wildman–Crippen MR) is 53.6 cm³/mol. The molecule has 4 heteroatoms. The summed E-state index contributed by atoms with van der Waals surface area (Å²) in [6, 6.07) is 1.87. The molecule has 0 heterocycles. The van der Waals surface area contributed by atoms with E-state index in [1.165, 1.54) is 6.08 Å². The smallest absolute Gasteiger partial charge is 0.407 e. The Morgan fingerprint density at radius 2 is 2.21 bits per heavy atom. The number of nitrogens with one attached hydrogen (secondary N) is 1. The second-order valence-electron chi connectivity index (χ2n) is 3.75. The van der Waals surface area contributed by atoms with E-state index in [2.05, 4.69) is 5.32 Å². The number of hydrogen-bond donors (Lipinski definition) is 1. The van der Waals surface area contributed by atoms with Gasteiger partial charge in [0.05, 0.1) is 6.07 Å². The second-order valence-corrected chi connectivity index (χ2v) is 3.75. The van der Waals surface area contributed by atoms with Gasteiger partial charge in [-0.2, -0.15) is 5.26 Å². The van der Waals surface area contributed by atoms with Gasteiger partial charge in [0.15, 0.2) is 0 Å². The van der Waals surface area contributed by atoms with Crippen molar-refractivity contribution in [3.8, 4) is 6.07 Å². The molecule has 0 unspecified atom stereocenters. The summed E-state index contributed by atoms with van der Waals surface area (Å²) in [6.45, 7) is 5.90. The molecule has 0 aromatic carbocycles. The molecule has 0 rings (SSSR count). The van der Waals surface area contributed by atoms with Gasteiger partial charge in [0.25, 0.3) is 0 Å². The zero-order valence-corrected chi connectivity index (χ0v) is 8.83. The van der Waals surface area contributed by atoms with Crippen LogP contribution in [0, 0.1) is 11.3 Å². The molecule has 0 aromatic heterocycles. The maximum atomic E-state index is 11.1. The number of amides is 1. The molecule has 0 radical (unpaired) electrons. The van der Waals surface area contributed by atoms with Gasteiger partial charge in [-0.05, 0) is 27.2 Å². The molecule has 1 amide bonds. The molecule has 4 nitrogen and oxygen atoms in total. The van der Waals surface area contributed by atoms with Gasteiger partial charge in [-0.25, -0.2) is 4.79 Å². The molecule has 0 aliphatic rings. The number of hydrogen-bond acceptors (Lipinski definition) is 3. The Hall–Kier alpha value is -1.50. The lowest BCUT2D eigenvalue weighted by Crippen LogP contribution is -2.32. The van der Waals surface area contributed by atoms with Gasteiger partial charge in [0.2, 0.25) is 0 Å². The topological polar surface area (TPSA) is 62.1 Å². The standard InChI is InChI=1S/C10H16N2O2/c1-10(2,3)14-9(13)12-8-6-4-5-7-11/h4-5H,6,8H2,1-3H3,(H,12,13)/b5-4+. The molecule has 0 saturated carbocycles. The Labute approximate surface area is 84.6 Å². The zero-order valence-electron chi connectivity index (χ0n) is 8.83. The van der Waals surface area contributed by atoms with Gasteiger partial charge in [-0.1, -0.05) is 6.08 Å². The molecule has 0 aromatic rings. The largest absolute Gasteiger partial charge is 0.444 e. The molecule has 14 heavy (non-hydrogen) atoms. The Balaban J connectivity index is 3.56. The van der Waals surface area contributed by atoms with E-state index in [0.717, 1.165) is 0 Å². The molecule has 1 N–H and O–H groups in total. The van der Waals surface area contributed by atoms with E-state index in [0.29, 0.717) is 13.0 Å². The lowest BCUT2D eigenvalue weighted by Gasteiger charge is -2.19. The Morgan fingerprint density at radius 3 is 2.71 bits per heavy atom. The third kappa shape index (κ3) is 8.60. The summed E-state index contributed by atoms with van der Waals surface area (Å²) >= 11 is 0. The second kappa shape index (κ2) is 6.03. The van der Waals surface area contributed by atoms with Crippen molar-refractivity contribution in [2.24, 2.45) is 0 Å². The van der Waals surface area contributed by atoms with Crippen molar-refractivity contribution in [3.05, 3.63) is 12.2 Å². The van der Waals surface area contributed by atoms with Gasteiger partial charge in [0.1, 0.15) is 5.60 Å². The Kier molecular flexibility index (Phi) is 5.38. The van der Waals surface area contributed by atoms with Crippen molar-refractivity contribution in [2.45, 2.75) is 32.8 Å². The first-order chi connectivity index (χ1) is 6.45. The summed E-state index contributed by atoms with van der Waals surface area (Å²) in [6.07, 6.45) is 3.28. The molecular formula is C10H16N2O2. The van der Waals surface area contributed by atoms with E-state index in [9.17, 15) is 4.79 Å². The van der Waals surface area contributed by atoms with Gasteiger partial charge in [0, 0.05) is 12.6 Å². The van der Waals surface area contributed by atoms with Crippen LogP contribution in [0.1, 0.15) is 27.2 Å². The van der Waals surface area contributed by atoms with Crippen molar-refractivity contribution in [1.82, 2.24) is 5.32 Å². The van der Waals surface area contributed by atoms with E-state index in [-0.39, 0.29) is 0 Å². The quantitative estimate of drug-likeness (QED) is 0.554. The molecule has 0 aliphatic heterocycles. The van der Waals surface area contributed by atoms with Crippen LogP contribution in [-0.2, 0) is 4.74 Å². The molecular weight excluding hydrogens is 180 g/mol. The van der Waals surface area contributed by atoms with Crippen LogP contribution in [-0.4, -0.2) is 18.2 Å². The molecule has 0 saturated heterocycles. The van der Waals surface area contributed by atoms with E-state index in [4.69, 9.17) is 10.00 Å². The summed E-state index contributed by atoms with van der Waals surface area (Å²) in [5, 5.41) is 10.8. The minimum atomic E-state index is -0.466. The number of rotatable bonds is 3. The number of carbonyl (C=O) groups excluding carboxylic acids is 1. The number of carbonyl (C=O) groups is 1. The van der Waals surface area contributed by atoms with Crippen molar-refractivity contribution >= 4 is 6.09 Å². The van der Waals surface area contributed by atoms with Crippen LogP contribution in [0.2, 0.25) is 0 Å². The average Bonchev–Trinajstić information content (AvgIpc) is 2.00. The summed E-state index contributed by atoms with van der Waals surface area (Å²) in [4.78, 5) is 11.1. The van der Waals surface area contributed by atoms with Crippen LogP contribution in [0.4, 0.5) is 4.79 Å². The summed E-state index contributed by atoms with van der Waals surface area (Å²) in [5.74, 6) is 0. The molecule has 0 bridgehead atoms. The highest BCUT2D eigenvalue weighted by molar-refractivity contribution is 5.67. The highest BCUT2D eigenvalue weighted by Gasteiger charge is 2.14. The molecule has 0 spiro atoms. The number of nitrogens with zero attached hydrogens (tertiary/aromatic N) is 1. The maximum absolute atomic E-state index is 11.1. The summed E-state index contributed by atoms with van der Waals surface area (Å²) in [5.41, 5.74) is -0.466. The van der Waals surface area contributed by atoms with Crippen LogP contribution in [0.3, 0.4) is 0 Å². The number of alkyl carbamates (subject to hydrolysis) is 1. The Morgan fingerprint density at radius 1 is 1.57 bits per heavy atom. The highest BCUT2D eigenvalue weighted by Crippen LogP contribution is 2.06.